The van der Waals surface area contributed by atoms with Gasteiger partial charge in [-0.2, -0.15) is 0 Å². The van der Waals surface area contributed by atoms with Crippen molar-refractivity contribution in [1.29, 1.82) is 0 Å². The largest absolute Gasteiger partial charge is 0.353 e. The molecule has 2 nitrogen and oxygen atoms in total. The maximum atomic E-state index is 13.5. The van der Waals surface area contributed by atoms with Crippen molar-refractivity contribution in [2.45, 2.75) is 26.3 Å². The standard InChI is InChI=1S/C14H17Cl2F2NO/c1-9(19-13(20)14(2,7-15)8-16)5-10-3-4-11(17)6-12(10)18/h3-4,6,9H,5,7-8H2,1-2H3,(H,19,20). The van der Waals surface area contributed by atoms with E-state index in [0.29, 0.717) is 5.56 Å². The molecule has 1 unspecified atom stereocenters. The first-order valence-corrected chi connectivity index (χ1v) is 7.26. The van der Waals surface area contributed by atoms with Gasteiger partial charge in [0.1, 0.15) is 11.6 Å². The topological polar surface area (TPSA) is 29.1 Å². The van der Waals surface area contributed by atoms with Gasteiger partial charge in [0.25, 0.3) is 0 Å². The molecule has 1 N–H and O–H groups in total. The van der Waals surface area contributed by atoms with Crippen molar-refractivity contribution in [2.24, 2.45) is 5.41 Å². The van der Waals surface area contributed by atoms with Gasteiger partial charge in [-0.15, -0.1) is 23.2 Å². The molecule has 0 saturated heterocycles. The second kappa shape index (κ2) is 7.23. The van der Waals surface area contributed by atoms with Crippen LogP contribution in [0.3, 0.4) is 0 Å². The minimum atomic E-state index is -0.862. The molecule has 0 aliphatic rings. The average Bonchev–Trinajstić information content (AvgIpc) is 2.40. The Hall–Kier alpha value is -0.870. The molecule has 1 aromatic rings. The molecule has 112 valence electrons. The lowest BCUT2D eigenvalue weighted by Gasteiger charge is -2.25. The number of nitrogens with one attached hydrogen (secondary N) is 1. The molecule has 1 aromatic carbocycles. The zero-order chi connectivity index (χ0) is 15.3. The highest BCUT2D eigenvalue weighted by Crippen LogP contribution is 2.21. The summed E-state index contributed by atoms with van der Waals surface area (Å²) in [7, 11) is 0. The van der Waals surface area contributed by atoms with Crippen molar-refractivity contribution in [3.63, 3.8) is 0 Å². The lowest BCUT2D eigenvalue weighted by molar-refractivity contribution is -0.128. The number of amides is 1. The van der Waals surface area contributed by atoms with Crippen molar-refractivity contribution >= 4 is 29.1 Å². The van der Waals surface area contributed by atoms with Crippen LogP contribution in [-0.2, 0) is 11.2 Å². The van der Waals surface area contributed by atoms with Crippen LogP contribution < -0.4 is 5.32 Å². The van der Waals surface area contributed by atoms with Gasteiger partial charge >= 0.3 is 0 Å². The summed E-state index contributed by atoms with van der Waals surface area (Å²) in [5.74, 6) is -1.33. The van der Waals surface area contributed by atoms with Crippen LogP contribution in [0.4, 0.5) is 8.78 Å². The number of rotatable bonds is 6. The first kappa shape index (κ1) is 17.2. The predicted octanol–water partition coefficient (Wildman–Crippen LogP) is 3.50. The number of alkyl halides is 2. The quantitative estimate of drug-likeness (QED) is 0.798. The van der Waals surface area contributed by atoms with Crippen molar-refractivity contribution in [1.82, 2.24) is 5.32 Å². The third-order valence-corrected chi connectivity index (χ3v) is 4.24. The van der Waals surface area contributed by atoms with Gasteiger partial charge in [0.05, 0.1) is 5.41 Å². The van der Waals surface area contributed by atoms with Crippen LogP contribution in [0, 0.1) is 17.0 Å². The van der Waals surface area contributed by atoms with E-state index in [2.05, 4.69) is 5.32 Å². The number of carbonyl (C=O) groups is 1. The second-order valence-electron chi connectivity index (χ2n) is 5.14. The summed E-state index contributed by atoms with van der Waals surface area (Å²) in [6.45, 7) is 3.40. The summed E-state index contributed by atoms with van der Waals surface area (Å²) in [5.41, 5.74) is -0.517. The fourth-order valence-electron chi connectivity index (χ4n) is 1.62. The van der Waals surface area contributed by atoms with E-state index in [1.54, 1.807) is 13.8 Å². The number of hydrogen-bond donors (Lipinski definition) is 1. The fraction of sp³-hybridized carbons (Fsp3) is 0.500. The summed E-state index contributed by atoms with van der Waals surface area (Å²) in [6.07, 6.45) is 0.262. The van der Waals surface area contributed by atoms with Crippen LogP contribution in [0.5, 0.6) is 0 Å². The molecule has 20 heavy (non-hydrogen) atoms. The van der Waals surface area contributed by atoms with Crippen LogP contribution in [0.25, 0.3) is 0 Å². The highest BCUT2D eigenvalue weighted by atomic mass is 35.5. The maximum absolute atomic E-state index is 13.5. The Morgan fingerprint density at radius 2 is 1.95 bits per heavy atom. The van der Waals surface area contributed by atoms with Gasteiger partial charge in [-0.05, 0) is 31.9 Å². The first-order valence-electron chi connectivity index (χ1n) is 6.19. The van der Waals surface area contributed by atoms with Gasteiger partial charge in [0.2, 0.25) is 5.91 Å². The van der Waals surface area contributed by atoms with E-state index in [1.165, 1.54) is 12.1 Å². The van der Waals surface area contributed by atoms with E-state index in [0.717, 1.165) is 6.07 Å². The lowest BCUT2D eigenvalue weighted by atomic mass is 9.94. The SMILES string of the molecule is CC(Cc1ccc(F)cc1F)NC(=O)C(C)(CCl)CCl. The van der Waals surface area contributed by atoms with Crippen molar-refractivity contribution in [3.05, 3.63) is 35.4 Å². The summed E-state index contributed by atoms with van der Waals surface area (Å²) in [5, 5.41) is 2.74. The zero-order valence-electron chi connectivity index (χ0n) is 11.4. The monoisotopic (exact) mass is 323 g/mol. The van der Waals surface area contributed by atoms with Gasteiger partial charge in [0.15, 0.2) is 0 Å². The van der Waals surface area contributed by atoms with Gasteiger partial charge in [-0.25, -0.2) is 8.78 Å². The Labute approximate surface area is 127 Å². The first-order chi connectivity index (χ1) is 9.32. The average molecular weight is 324 g/mol. The Morgan fingerprint density at radius 3 is 2.45 bits per heavy atom. The molecule has 0 fully saturated rings. The molecule has 0 saturated carbocycles. The van der Waals surface area contributed by atoms with Gasteiger partial charge in [-0.3, -0.25) is 4.79 Å². The van der Waals surface area contributed by atoms with E-state index < -0.39 is 17.0 Å². The Kier molecular flexibility index (Phi) is 6.21. The van der Waals surface area contributed by atoms with Crippen LogP contribution in [0.1, 0.15) is 19.4 Å². The highest BCUT2D eigenvalue weighted by molar-refractivity contribution is 6.24. The molecular formula is C14H17Cl2F2NO. The maximum Gasteiger partial charge on any atom is 0.228 e. The molecule has 0 bridgehead atoms. The van der Waals surface area contributed by atoms with E-state index in [1.807, 2.05) is 0 Å². The number of carbonyl (C=O) groups excluding carboxylic acids is 1. The lowest BCUT2D eigenvalue weighted by Crippen LogP contribution is -2.46. The molecule has 0 heterocycles. The Morgan fingerprint density at radius 1 is 1.35 bits per heavy atom. The van der Waals surface area contributed by atoms with E-state index in [4.69, 9.17) is 23.2 Å². The van der Waals surface area contributed by atoms with Gasteiger partial charge < -0.3 is 5.32 Å². The molecule has 0 aliphatic carbocycles. The summed E-state index contributed by atoms with van der Waals surface area (Å²) in [4.78, 5) is 12.0. The van der Waals surface area contributed by atoms with Crippen LogP contribution in [0.15, 0.2) is 18.2 Å². The number of hydrogen-bond acceptors (Lipinski definition) is 1. The number of halogens is 4. The Bertz CT molecular complexity index is 478. The van der Waals surface area contributed by atoms with E-state index >= 15 is 0 Å². The molecule has 0 radical (unpaired) electrons. The van der Waals surface area contributed by atoms with E-state index in [-0.39, 0.29) is 30.1 Å². The summed E-state index contributed by atoms with van der Waals surface area (Å²) in [6, 6.07) is 3.07. The smallest absolute Gasteiger partial charge is 0.228 e. The molecule has 0 aliphatic heterocycles. The molecular weight excluding hydrogens is 307 g/mol. The fourth-order valence-corrected chi connectivity index (χ4v) is 2.15. The molecule has 1 atom stereocenters. The predicted molar refractivity (Wildman–Crippen MR) is 77.2 cm³/mol. The highest BCUT2D eigenvalue weighted by Gasteiger charge is 2.32. The van der Waals surface area contributed by atoms with Gasteiger partial charge in [-0.1, -0.05) is 6.07 Å². The Balaban J connectivity index is 2.68. The van der Waals surface area contributed by atoms with Crippen LogP contribution >= 0.6 is 23.2 Å². The van der Waals surface area contributed by atoms with Crippen molar-refractivity contribution < 1.29 is 13.6 Å². The third kappa shape index (κ3) is 4.32. The molecule has 6 heteroatoms. The van der Waals surface area contributed by atoms with Gasteiger partial charge in [0, 0.05) is 23.9 Å². The van der Waals surface area contributed by atoms with Crippen molar-refractivity contribution in [3.8, 4) is 0 Å². The molecule has 0 spiro atoms. The molecule has 1 rings (SSSR count). The minimum Gasteiger partial charge on any atom is -0.353 e. The summed E-state index contributed by atoms with van der Waals surface area (Å²) < 4.78 is 26.3. The molecule has 0 aromatic heterocycles. The third-order valence-electron chi connectivity index (χ3n) is 3.06. The van der Waals surface area contributed by atoms with Crippen molar-refractivity contribution in [2.75, 3.05) is 11.8 Å². The van der Waals surface area contributed by atoms with Crippen LogP contribution in [-0.4, -0.2) is 23.7 Å². The second-order valence-corrected chi connectivity index (χ2v) is 5.68. The van der Waals surface area contributed by atoms with Crippen LogP contribution in [0.2, 0.25) is 0 Å². The summed E-state index contributed by atoms with van der Waals surface area (Å²) >= 11 is 11.5. The normalized spacial score (nSPS) is 13.1. The van der Waals surface area contributed by atoms with E-state index in [9.17, 15) is 13.6 Å². The molecule has 1 amide bonds. The zero-order valence-corrected chi connectivity index (χ0v) is 12.9. The minimum absolute atomic E-state index is 0.0972. The number of benzene rings is 1.